The van der Waals surface area contributed by atoms with E-state index in [1.54, 1.807) is 66.9 Å². The maximum atomic E-state index is 14.5. The fourth-order valence-electron chi connectivity index (χ4n) is 6.28. The highest BCUT2D eigenvalue weighted by Crippen LogP contribution is 2.42. The van der Waals surface area contributed by atoms with E-state index in [-0.39, 0.29) is 37.0 Å². The number of phenolic OH excluding ortho intramolecular Hbond substituents is 1. The summed E-state index contributed by atoms with van der Waals surface area (Å²) in [4.78, 5) is 31.4. The molecule has 3 aromatic carbocycles. The highest BCUT2D eigenvalue weighted by atomic mass is 19.3. The van der Waals surface area contributed by atoms with E-state index >= 15 is 0 Å². The molecule has 4 heterocycles. The second-order valence-corrected chi connectivity index (χ2v) is 11.7. The zero-order valence-corrected chi connectivity index (χ0v) is 25.9. The Labute approximate surface area is 269 Å². The number of rotatable bonds is 6. The van der Waals surface area contributed by atoms with Crippen LogP contribution in [0, 0.1) is 6.92 Å². The van der Waals surface area contributed by atoms with Gasteiger partial charge in [0.2, 0.25) is 6.79 Å². The van der Waals surface area contributed by atoms with Crippen molar-refractivity contribution in [1.82, 2.24) is 19.2 Å². The highest BCUT2D eigenvalue weighted by molar-refractivity contribution is 6.12. The SMILES string of the molecule is Cc1c(C(=O)N(c2ccc(O)cc2)c2cnn(C)c2)cc(-c2cc3c(cc2C(=O)N2Cc4ccccc4C[C@H]2C(F)F)OCO3)n1C. The maximum absolute atomic E-state index is 14.5. The maximum Gasteiger partial charge on any atom is 0.264 e. The van der Waals surface area contributed by atoms with E-state index in [4.69, 9.17) is 9.47 Å². The molecule has 0 saturated carbocycles. The van der Waals surface area contributed by atoms with Crippen molar-refractivity contribution >= 4 is 23.2 Å². The van der Waals surface area contributed by atoms with Gasteiger partial charge >= 0.3 is 0 Å². The third kappa shape index (κ3) is 5.25. The summed E-state index contributed by atoms with van der Waals surface area (Å²) in [7, 11) is 3.51. The average molecular weight is 640 g/mol. The molecule has 0 bridgehead atoms. The smallest absolute Gasteiger partial charge is 0.264 e. The topological polar surface area (TPSA) is 102 Å². The number of aromatic nitrogens is 3. The number of ether oxygens (including phenoxy) is 2. The molecule has 1 N–H and O–H groups in total. The van der Waals surface area contributed by atoms with E-state index < -0.39 is 18.4 Å². The monoisotopic (exact) mass is 639 g/mol. The van der Waals surface area contributed by atoms with Crippen LogP contribution in [0.25, 0.3) is 11.3 Å². The molecule has 2 aliphatic rings. The molecule has 0 spiro atoms. The molecule has 5 aromatic rings. The Hall–Kier alpha value is -5.65. The molecule has 240 valence electrons. The fourth-order valence-corrected chi connectivity index (χ4v) is 6.28. The molecule has 7 rings (SSSR count). The second kappa shape index (κ2) is 11.6. The van der Waals surface area contributed by atoms with E-state index in [2.05, 4.69) is 5.10 Å². The van der Waals surface area contributed by atoms with E-state index in [1.807, 2.05) is 24.3 Å². The molecule has 2 amide bonds. The third-order valence-electron chi connectivity index (χ3n) is 8.89. The Bertz CT molecular complexity index is 2020. The summed E-state index contributed by atoms with van der Waals surface area (Å²) in [5, 5.41) is 14.1. The van der Waals surface area contributed by atoms with Crippen molar-refractivity contribution in [3.05, 3.63) is 107 Å². The van der Waals surface area contributed by atoms with Gasteiger partial charge in [-0.25, -0.2) is 8.78 Å². The van der Waals surface area contributed by atoms with Crippen LogP contribution in [0.3, 0.4) is 0 Å². The zero-order chi connectivity index (χ0) is 33.0. The number of hydrogen-bond donors (Lipinski definition) is 1. The van der Waals surface area contributed by atoms with Crippen molar-refractivity contribution in [3.8, 4) is 28.5 Å². The van der Waals surface area contributed by atoms with Gasteiger partial charge in [0, 0.05) is 49.5 Å². The van der Waals surface area contributed by atoms with Crippen LogP contribution in [0.5, 0.6) is 17.2 Å². The molecule has 2 aromatic heterocycles. The van der Waals surface area contributed by atoms with Crippen molar-refractivity contribution in [2.75, 3.05) is 11.7 Å². The van der Waals surface area contributed by atoms with Crippen LogP contribution in [0.15, 0.2) is 79.1 Å². The molecular weight excluding hydrogens is 608 g/mol. The molecule has 1 atom stereocenters. The van der Waals surface area contributed by atoms with Crippen molar-refractivity contribution in [3.63, 3.8) is 0 Å². The largest absolute Gasteiger partial charge is 0.508 e. The summed E-state index contributed by atoms with van der Waals surface area (Å²) in [6.45, 7) is 1.77. The number of fused-ring (bicyclic) bond motifs is 2. The molecule has 12 heteroatoms. The van der Waals surface area contributed by atoms with Gasteiger partial charge in [0.15, 0.2) is 11.5 Å². The molecule has 0 aliphatic carbocycles. The molecule has 0 fully saturated rings. The lowest BCUT2D eigenvalue weighted by molar-refractivity contribution is 0.0141. The summed E-state index contributed by atoms with van der Waals surface area (Å²) >= 11 is 0. The summed E-state index contributed by atoms with van der Waals surface area (Å²) in [5.41, 5.74) is 4.64. The lowest BCUT2D eigenvalue weighted by Gasteiger charge is -2.37. The van der Waals surface area contributed by atoms with Gasteiger partial charge in [-0.3, -0.25) is 19.2 Å². The Morgan fingerprint density at radius 2 is 1.66 bits per heavy atom. The van der Waals surface area contributed by atoms with Gasteiger partial charge < -0.3 is 24.0 Å². The Morgan fingerprint density at radius 1 is 0.957 bits per heavy atom. The van der Waals surface area contributed by atoms with Crippen molar-refractivity contribution in [1.29, 1.82) is 0 Å². The van der Waals surface area contributed by atoms with Crippen LogP contribution in [-0.2, 0) is 27.1 Å². The molecule has 0 unspecified atom stereocenters. The number of anilines is 2. The lowest BCUT2D eigenvalue weighted by Crippen LogP contribution is -2.48. The summed E-state index contributed by atoms with van der Waals surface area (Å²) < 4.78 is 43.6. The third-order valence-corrected chi connectivity index (χ3v) is 8.89. The van der Waals surface area contributed by atoms with Crippen LogP contribution in [0.4, 0.5) is 20.2 Å². The van der Waals surface area contributed by atoms with Crippen LogP contribution >= 0.6 is 0 Å². The minimum Gasteiger partial charge on any atom is -0.508 e. The number of halogens is 2. The molecule has 0 saturated heterocycles. The lowest BCUT2D eigenvalue weighted by atomic mass is 9.92. The first-order chi connectivity index (χ1) is 22.6. The van der Waals surface area contributed by atoms with E-state index in [1.165, 1.54) is 28.0 Å². The summed E-state index contributed by atoms with van der Waals surface area (Å²) in [5.74, 6) is -0.163. The first-order valence-corrected chi connectivity index (χ1v) is 15.0. The number of alkyl halides is 2. The minimum atomic E-state index is -2.76. The van der Waals surface area contributed by atoms with Gasteiger partial charge in [-0.2, -0.15) is 5.10 Å². The van der Waals surface area contributed by atoms with Crippen molar-refractivity contribution in [2.45, 2.75) is 32.4 Å². The standard InChI is InChI=1S/C35H31F2N5O5/c1-20-26(35(45)42(24-16-38-39(2)18-24)23-8-10-25(43)11-9-23)13-29(40(20)3)27-14-31-32(47-19-46-31)15-28(27)34(44)41-17-22-7-5-4-6-21(22)12-30(41)33(36)37/h4-11,13-16,18,30,33,43H,12,17,19H2,1-3H3/t30-/m0/s1. The first-order valence-electron chi connectivity index (χ1n) is 15.0. The predicted molar refractivity (Wildman–Crippen MR) is 169 cm³/mol. The van der Waals surface area contributed by atoms with Crippen molar-refractivity contribution < 1.29 is 33.0 Å². The number of aromatic hydroxyl groups is 1. The van der Waals surface area contributed by atoms with Crippen LogP contribution in [-0.4, -0.2) is 55.4 Å². The number of carbonyl (C=O) groups is 2. The average Bonchev–Trinajstić information content (AvgIpc) is 3.79. The number of aryl methyl sites for hydroxylation is 1. The van der Waals surface area contributed by atoms with Gasteiger partial charge in [-0.1, -0.05) is 24.3 Å². The Morgan fingerprint density at radius 3 is 2.34 bits per heavy atom. The number of carbonyl (C=O) groups excluding carboxylic acids is 2. The first kappa shape index (κ1) is 30.0. The number of nitrogens with zero attached hydrogens (tertiary/aromatic N) is 5. The minimum absolute atomic E-state index is 0.0283. The Balaban J connectivity index is 1.33. The van der Waals surface area contributed by atoms with E-state index in [0.717, 1.165) is 11.1 Å². The number of phenols is 1. The van der Waals surface area contributed by atoms with Gasteiger partial charge in [-0.15, -0.1) is 0 Å². The number of hydrogen-bond acceptors (Lipinski definition) is 6. The highest BCUT2D eigenvalue weighted by Gasteiger charge is 2.38. The normalized spacial score (nSPS) is 15.2. The van der Waals surface area contributed by atoms with Crippen LogP contribution < -0.4 is 14.4 Å². The molecule has 2 aliphatic heterocycles. The molecule has 10 nitrogen and oxygen atoms in total. The van der Waals surface area contributed by atoms with Crippen molar-refractivity contribution in [2.24, 2.45) is 14.1 Å². The second-order valence-electron chi connectivity index (χ2n) is 11.7. The quantitative estimate of drug-likeness (QED) is 0.245. The Kier molecular flexibility index (Phi) is 7.42. The van der Waals surface area contributed by atoms with E-state index in [0.29, 0.717) is 45.4 Å². The number of amides is 2. The van der Waals surface area contributed by atoms with Gasteiger partial charge in [0.1, 0.15) is 5.75 Å². The molecule has 47 heavy (non-hydrogen) atoms. The van der Waals surface area contributed by atoms with Gasteiger partial charge in [-0.05, 0) is 66.9 Å². The van der Waals surface area contributed by atoms with Gasteiger partial charge in [0.25, 0.3) is 18.2 Å². The van der Waals surface area contributed by atoms with E-state index in [9.17, 15) is 23.5 Å². The molecular formula is C35H31F2N5O5. The van der Waals surface area contributed by atoms with Crippen LogP contribution in [0.2, 0.25) is 0 Å². The van der Waals surface area contributed by atoms with Gasteiger partial charge in [0.05, 0.1) is 29.1 Å². The number of benzene rings is 3. The zero-order valence-electron chi connectivity index (χ0n) is 25.9. The van der Waals surface area contributed by atoms with Crippen LogP contribution in [0.1, 0.15) is 37.5 Å². The fraction of sp³-hybridized carbons (Fsp3) is 0.229. The summed E-state index contributed by atoms with van der Waals surface area (Å²) in [6.07, 6.45) is 0.538. The molecule has 0 radical (unpaired) electrons. The summed E-state index contributed by atoms with van der Waals surface area (Å²) in [6, 6.07) is 17.1. The predicted octanol–water partition coefficient (Wildman–Crippen LogP) is 5.98.